The summed E-state index contributed by atoms with van der Waals surface area (Å²) in [5.74, 6) is -0.334. The average Bonchev–Trinajstić information content (AvgIpc) is 2.84. The highest BCUT2D eigenvalue weighted by Gasteiger charge is 2.26. The van der Waals surface area contributed by atoms with Gasteiger partial charge in [0.2, 0.25) is 0 Å². The molecule has 0 amide bonds. The Kier molecular flexibility index (Phi) is 6.70. The summed E-state index contributed by atoms with van der Waals surface area (Å²) in [7, 11) is 0. The largest absolute Gasteiger partial charge is 0.289 e. The summed E-state index contributed by atoms with van der Waals surface area (Å²) >= 11 is 0. The van der Waals surface area contributed by atoms with E-state index in [9.17, 15) is 9.59 Å². The second kappa shape index (κ2) is 9.84. The van der Waals surface area contributed by atoms with Crippen LogP contribution >= 0.6 is 0 Å². The van der Waals surface area contributed by atoms with Gasteiger partial charge in [-0.25, -0.2) is 0 Å². The summed E-state index contributed by atoms with van der Waals surface area (Å²) in [4.78, 5) is 28.0. The molecule has 4 rings (SSSR count). The fraction of sp³-hybridized carbons (Fsp3) is 0.125. The fourth-order valence-corrected chi connectivity index (χ4v) is 3.92. The van der Waals surface area contributed by atoms with Gasteiger partial charge in [-0.05, 0) is 38.8 Å². The molecule has 2 heteroatoms. The number of carbonyl (C=O) groups is 2. The first kappa shape index (κ1) is 23.1. The second-order valence-electron chi connectivity index (χ2n) is 8.87. The van der Waals surface area contributed by atoms with E-state index in [1.807, 2.05) is 125 Å². The van der Waals surface area contributed by atoms with Crippen LogP contribution in [-0.2, 0) is 0 Å². The van der Waals surface area contributed by atoms with Gasteiger partial charge >= 0.3 is 0 Å². The normalized spacial score (nSPS) is 11.6. The number of ketones is 2. The summed E-state index contributed by atoms with van der Waals surface area (Å²) in [6, 6.07) is 30.6. The van der Waals surface area contributed by atoms with E-state index in [2.05, 4.69) is 0 Å². The van der Waals surface area contributed by atoms with Crippen LogP contribution in [0, 0.1) is 27.7 Å². The Hall–Kier alpha value is -4.04. The molecule has 0 radical (unpaired) electrons. The lowest BCUT2D eigenvalue weighted by atomic mass is 9.84. The maximum atomic E-state index is 14.0. The van der Waals surface area contributed by atoms with Gasteiger partial charge < -0.3 is 0 Å². The van der Waals surface area contributed by atoms with Gasteiger partial charge in [-0.3, -0.25) is 9.59 Å². The number of allylic oxidation sites excluding steroid dienone is 2. The van der Waals surface area contributed by atoms with E-state index >= 15 is 0 Å². The topological polar surface area (TPSA) is 34.1 Å². The van der Waals surface area contributed by atoms with E-state index in [0.29, 0.717) is 22.3 Å². The van der Waals surface area contributed by atoms with Crippen LogP contribution in [0.5, 0.6) is 0 Å². The minimum atomic E-state index is -0.167. The van der Waals surface area contributed by atoms with Crippen LogP contribution < -0.4 is 0 Å². The minimum Gasteiger partial charge on any atom is -0.289 e. The Morgan fingerprint density at radius 1 is 0.353 bits per heavy atom. The van der Waals surface area contributed by atoms with Crippen molar-refractivity contribution in [3.8, 4) is 0 Å². The molecule has 0 bridgehead atoms. The van der Waals surface area contributed by atoms with Crippen LogP contribution in [0.2, 0.25) is 0 Å². The van der Waals surface area contributed by atoms with E-state index in [1.54, 1.807) is 0 Å². The van der Waals surface area contributed by atoms with Gasteiger partial charge in [-0.15, -0.1) is 0 Å². The number of rotatable bonds is 6. The molecule has 0 heterocycles. The molecule has 0 atom stereocenters. The van der Waals surface area contributed by atoms with Gasteiger partial charge in [0, 0.05) is 22.3 Å². The fourth-order valence-electron chi connectivity index (χ4n) is 3.92. The Morgan fingerprint density at radius 3 is 0.794 bits per heavy atom. The highest BCUT2D eigenvalue weighted by Crippen LogP contribution is 2.33. The third kappa shape index (κ3) is 4.97. The standard InChI is InChI=1S/C32H28O2/c1-21-5-13-25(14-6-21)29(31(33)27-17-9-23(3)10-18-27)30(26-15-7-22(2)8-16-26)32(34)28-19-11-24(4)12-20-28/h5-20H,1-4H3/b30-29-. The van der Waals surface area contributed by atoms with E-state index in [1.165, 1.54) is 0 Å². The molecule has 0 fully saturated rings. The first-order valence-electron chi connectivity index (χ1n) is 11.4. The van der Waals surface area contributed by atoms with Gasteiger partial charge in [0.1, 0.15) is 0 Å². The maximum Gasteiger partial charge on any atom is 0.194 e. The summed E-state index contributed by atoms with van der Waals surface area (Å²) in [6.07, 6.45) is 0. The summed E-state index contributed by atoms with van der Waals surface area (Å²) in [5.41, 5.74) is 7.74. The van der Waals surface area contributed by atoms with Crippen molar-refractivity contribution in [3.63, 3.8) is 0 Å². The molecular formula is C32H28O2. The molecule has 0 saturated carbocycles. The SMILES string of the molecule is Cc1ccc(C(=O)/C(=C(\C(=O)c2ccc(C)cc2)c2ccc(C)cc2)c2ccc(C)cc2)cc1. The highest BCUT2D eigenvalue weighted by atomic mass is 16.1. The number of Topliss-reactive ketones (excluding diaryl/α,β-unsaturated/α-hetero) is 2. The number of hydrogen-bond acceptors (Lipinski definition) is 2. The summed E-state index contributed by atoms with van der Waals surface area (Å²) in [6.45, 7) is 7.99. The predicted octanol–water partition coefficient (Wildman–Crippen LogP) is 7.60. The Balaban J connectivity index is 2.03. The van der Waals surface area contributed by atoms with Gasteiger partial charge in [0.05, 0.1) is 0 Å². The smallest absolute Gasteiger partial charge is 0.194 e. The van der Waals surface area contributed by atoms with Gasteiger partial charge in [-0.1, -0.05) is 119 Å². The van der Waals surface area contributed by atoms with Crippen molar-refractivity contribution in [2.24, 2.45) is 0 Å². The zero-order valence-corrected chi connectivity index (χ0v) is 20.1. The quantitative estimate of drug-likeness (QED) is 0.174. The minimum absolute atomic E-state index is 0.167. The molecule has 34 heavy (non-hydrogen) atoms. The van der Waals surface area contributed by atoms with Crippen molar-refractivity contribution < 1.29 is 9.59 Å². The average molecular weight is 445 g/mol. The Morgan fingerprint density at radius 2 is 0.559 bits per heavy atom. The highest BCUT2D eigenvalue weighted by molar-refractivity contribution is 6.46. The molecular weight excluding hydrogens is 416 g/mol. The van der Waals surface area contributed by atoms with Crippen LogP contribution in [0.25, 0.3) is 11.1 Å². The molecule has 0 aliphatic carbocycles. The molecule has 2 nitrogen and oxygen atoms in total. The van der Waals surface area contributed by atoms with Crippen molar-refractivity contribution in [1.82, 2.24) is 0 Å². The van der Waals surface area contributed by atoms with Crippen molar-refractivity contribution in [2.75, 3.05) is 0 Å². The monoisotopic (exact) mass is 444 g/mol. The van der Waals surface area contributed by atoms with Crippen molar-refractivity contribution in [2.45, 2.75) is 27.7 Å². The molecule has 0 aromatic heterocycles. The maximum absolute atomic E-state index is 14.0. The number of carbonyl (C=O) groups excluding carboxylic acids is 2. The molecule has 0 unspecified atom stereocenters. The molecule has 4 aromatic carbocycles. The molecule has 0 saturated heterocycles. The van der Waals surface area contributed by atoms with E-state index in [0.717, 1.165) is 33.4 Å². The van der Waals surface area contributed by atoms with Gasteiger partial charge in [0.25, 0.3) is 0 Å². The Labute approximate surface area is 201 Å². The van der Waals surface area contributed by atoms with Crippen molar-refractivity contribution in [3.05, 3.63) is 142 Å². The van der Waals surface area contributed by atoms with E-state index in [4.69, 9.17) is 0 Å². The van der Waals surface area contributed by atoms with Crippen LogP contribution in [0.4, 0.5) is 0 Å². The molecule has 0 N–H and O–H groups in total. The molecule has 4 aromatic rings. The molecule has 0 aliphatic rings. The number of hydrogen-bond donors (Lipinski definition) is 0. The lowest BCUT2D eigenvalue weighted by Crippen LogP contribution is -2.12. The van der Waals surface area contributed by atoms with Crippen LogP contribution in [0.1, 0.15) is 54.1 Å². The zero-order valence-electron chi connectivity index (χ0n) is 20.1. The first-order valence-corrected chi connectivity index (χ1v) is 11.4. The first-order chi connectivity index (χ1) is 16.3. The zero-order chi connectivity index (χ0) is 24.2. The third-order valence-electron chi connectivity index (χ3n) is 6.01. The lowest BCUT2D eigenvalue weighted by Gasteiger charge is -2.16. The van der Waals surface area contributed by atoms with Gasteiger partial charge in [0.15, 0.2) is 11.6 Å². The van der Waals surface area contributed by atoms with Crippen LogP contribution in [0.3, 0.4) is 0 Å². The third-order valence-corrected chi connectivity index (χ3v) is 6.01. The number of benzene rings is 4. The van der Waals surface area contributed by atoms with E-state index < -0.39 is 0 Å². The predicted molar refractivity (Wildman–Crippen MR) is 140 cm³/mol. The second-order valence-corrected chi connectivity index (χ2v) is 8.87. The summed E-state index contributed by atoms with van der Waals surface area (Å²) < 4.78 is 0. The Bertz CT molecular complexity index is 1240. The van der Waals surface area contributed by atoms with E-state index in [-0.39, 0.29) is 11.6 Å². The molecule has 168 valence electrons. The number of aryl methyl sites for hydroxylation is 4. The van der Waals surface area contributed by atoms with Gasteiger partial charge in [-0.2, -0.15) is 0 Å². The lowest BCUT2D eigenvalue weighted by molar-refractivity contribution is 0.103. The van der Waals surface area contributed by atoms with Crippen LogP contribution in [-0.4, -0.2) is 11.6 Å². The molecule has 0 aliphatic heterocycles. The van der Waals surface area contributed by atoms with Crippen LogP contribution in [0.15, 0.2) is 97.1 Å². The van der Waals surface area contributed by atoms with Crippen molar-refractivity contribution in [1.29, 1.82) is 0 Å². The van der Waals surface area contributed by atoms with Crippen molar-refractivity contribution >= 4 is 22.7 Å². The molecule has 0 spiro atoms. The summed E-state index contributed by atoms with van der Waals surface area (Å²) in [5, 5.41) is 0.